The zero-order valence-corrected chi connectivity index (χ0v) is 12.6. The summed E-state index contributed by atoms with van der Waals surface area (Å²) in [5.74, 6) is 0. The van der Waals surface area contributed by atoms with Crippen molar-refractivity contribution in [2.24, 2.45) is 0 Å². The first kappa shape index (κ1) is 13.1. The highest BCUT2D eigenvalue weighted by molar-refractivity contribution is 9.10. The van der Waals surface area contributed by atoms with Crippen molar-refractivity contribution in [3.63, 3.8) is 0 Å². The molecule has 0 amide bonds. The molecule has 96 valence electrons. The molecule has 0 N–H and O–H groups in total. The molecule has 0 spiro atoms. The minimum Gasteiger partial charge on any atom is -0.295 e. The molecule has 2 rings (SSSR count). The third-order valence-corrected chi connectivity index (χ3v) is 4.41. The van der Waals surface area contributed by atoms with Crippen molar-refractivity contribution >= 4 is 15.9 Å². The Labute approximate surface area is 112 Å². The van der Waals surface area contributed by atoms with E-state index in [0.717, 1.165) is 24.8 Å². The number of hydrogen-bond acceptors (Lipinski definition) is 2. The molecule has 1 aliphatic rings. The van der Waals surface area contributed by atoms with Gasteiger partial charge in [-0.3, -0.25) is 9.58 Å². The van der Waals surface area contributed by atoms with E-state index in [1.165, 1.54) is 36.0 Å². The maximum absolute atomic E-state index is 4.56. The predicted octanol–water partition coefficient (Wildman–Crippen LogP) is 3.35. The van der Waals surface area contributed by atoms with E-state index < -0.39 is 0 Å². The van der Waals surface area contributed by atoms with Crippen LogP contribution in [0.2, 0.25) is 0 Å². The fourth-order valence-electron chi connectivity index (χ4n) is 2.33. The summed E-state index contributed by atoms with van der Waals surface area (Å²) < 4.78 is 3.32. The molecule has 0 bridgehead atoms. The van der Waals surface area contributed by atoms with Gasteiger partial charge in [-0.05, 0) is 55.6 Å². The highest BCUT2D eigenvalue weighted by Gasteiger charge is 2.29. The lowest BCUT2D eigenvalue weighted by Gasteiger charge is -2.21. The van der Waals surface area contributed by atoms with Gasteiger partial charge in [0, 0.05) is 19.1 Å². The third-order valence-electron chi connectivity index (χ3n) is 3.38. The van der Waals surface area contributed by atoms with E-state index in [2.05, 4.69) is 51.4 Å². The minimum absolute atomic E-state index is 0.822. The van der Waals surface area contributed by atoms with Crippen LogP contribution in [0.5, 0.6) is 0 Å². The van der Waals surface area contributed by atoms with Gasteiger partial charge in [-0.25, -0.2) is 0 Å². The Balaban J connectivity index is 2.15. The van der Waals surface area contributed by atoms with Gasteiger partial charge in [0.05, 0.1) is 15.9 Å². The fourth-order valence-corrected chi connectivity index (χ4v) is 2.74. The van der Waals surface area contributed by atoms with E-state index in [0.29, 0.717) is 0 Å². The van der Waals surface area contributed by atoms with Crippen LogP contribution in [0.1, 0.15) is 44.5 Å². The SMILES string of the molecule is CCCN(Cc1c(Br)c(C)nn1CC)C1CC1. The zero-order chi connectivity index (χ0) is 12.4. The molecule has 0 unspecified atom stereocenters. The van der Waals surface area contributed by atoms with Crippen LogP contribution in [-0.4, -0.2) is 27.3 Å². The van der Waals surface area contributed by atoms with E-state index in [1.54, 1.807) is 0 Å². The molecule has 1 aliphatic carbocycles. The number of nitrogens with zero attached hydrogens (tertiary/aromatic N) is 3. The summed E-state index contributed by atoms with van der Waals surface area (Å²) in [5, 5.41) is 4.56. The Hall–Kier alpha value is -0.350. The predicted molar refractivity (Wildman–Crippen MR) is 74.1 cm³/mol. The monoisotopic (exact) mass is 299 g/mol. The normalized spacial score (nSPS) is 15.8. The van der Waals surface area contributed by atoms with Crippen molar-refractivity contribution in [2.75, 3.05) is 6.54 Å². The molecular weight excluding hydrogens is 278 g/mol. The highest BCUT2D eigenvalue weighted by atomic mass is 79.9. The Morgan fingerprint density at radius 1 is 1.41 bits per heavy atom. The van der Waals surface area contributed by atoms with Crippen LogP contribution in [0.15, 0.2) is 4.47 Å². The average molecular weight is 300 g/mol. The largest absolute Gasteiger partial charge is 0.295 e. The molecule has 4 heteroatoms. The molecule has 17 heavy (non-hydrogen) atoms. The van der Waals surface area contributed by atoms with Crippen LogP contribution in [0, 0.1) is 6.92 Å². The first-order valence-electron chi connectivity index (χ1n) is 6.63. The highest BCUT2D eigenvalue weighted by Crippen LogP contribution is 2.30. The van der Waals surface area contributed by atoms with Crippen LogP contribution in [0.25, 0.3) is 0 Å². The fraction of sp³-hybridized carbons (Fsp3) is 0.769. The van der Waals surface area contributed by atoms with Gasteiger partial charge in [-0.1, -0.05) is 6.92 Å². The maximum Gasteiger partial charge on any atom is 0.0739 e. The van der Waals surface area contributed by atoms with Gasteiger partial charge in [0.2, 0.25) is 0 Å². The molecule has 1 heterocycles. The molecule has 1 saturated carbocycles. The van der Waals surface area contributed by atoms with E-state index in [1.807, 2.05) is 0 Å². The smallest absolute Gasteiger partial charge is 0.0739 e. The molecule has 1 aromatic heterocycles. The summed E-state index contributed by atoms with van der Waals surface area (Å²) >= 11 is 3.68. The zero-order valence-electron chi connectivity index (χ0n) is 11.0. The van der Waals surface area contributed by atoms with Crippen molar-refractivity contribution < 1.29 is 0 Å². The quantitative estimate of drug-likeness (QED) is 0.803. The van der Waals surface area contributed by atoms with Gasteiger partial charge in [-0.15, -0.1) is 0 Å². The lowest BCUT2D eigenvalue weighted by Crippen LogP contribution is -2.27. The number of halogens is 1. The Morgan fingerprint density at radius 3 is 2.65 bits per heavy atom. The summed E-state index contributed by atoms with van der Waals surface area (Å²) in [6.07, 6.45) is 3.97. The van der Waals surface area contributed by atoms with Crippen molar-refractivity contribution in [3.8, 4) is 0 Å². The third kappa shape index (κ3) is 2.91. The van der Waals surface area contributed by atoms with Crippen LogP contribution < -0.4 is 0 Å². The molecule has 0 aromatic carbocycles. The van der Waals surface area contributed by atoms with Gasteiger partial charge in [0.15, 0.2) is 0 Å². The second-order valence-corrected chi connectivity index (χ2v) is 5.66. The topological polar surface area (TPSA) is 21.1 Å². The minimum atomic E-state index is 0.822. The molecule has 0 saturated heterocycles. The van der Waals surface area contributed by atoms with Crippen LogP contribution in [0.3, 0.4) is 0 Å². The standard InChI is InChI=1S/C13H22BrN3/c1-4-8-16(11-6-7-11)9-12-13(14)10(3)15-17(12)5-2/h11H,4-9H2,1-3H3. The second-order valence-electron chi connectivity index (χ2n) is 4.86. The Bertz CT molecular complexity index is 382. The van der Waals surface area contributed by atoms with Crippen molar-refractivity contribution in [2.45, 2.75) is 59.2 Å². The van der Waals surface area contributed by atoms with Gasteiger partial charge >= 0.3 is 0 Å². The van der Waals surface area contributed by atoms with E-state index >= 15 is 0 Å². The second kappa shape index (κ2) is 5.53. The van der Waals surface area contributed by atoms with E-state index in [-0.39, 0.29) is 0 Å². The summed E-state index contributed by atoms with van der Waals surface area (Å²) in [6.45, 7) is 9.67. The number of aromatic nitrogens is 2. The molecular formula is C13H22BrN3. The number of rotatable bonds is 6. The van der Waals surface area contributed by atoms with Crippen molar-refractivity contribution in [1.29, 1.82) is 0 Å². The summed E-state index contributed by atoms with van der Waals surface area (Å²) in [5.41, 5.74) is 2.44. The van der Waals surface area contributed by atoms with Crippen LogP contribution in [0.4, 0.5) is 0 Å². The van der Waals surface area contributed by atoms with Gasteiger partial charge in [0.25, 0.3) is 0 Å². The molecule has 0 radical (unpaired) electrons. The van der Waals surface area contributed by atoms with Gasteiger partial charge < -0.3 is 0 Å². The number of aryl methyl sites for hydroxylation is 2. The van der Waals surface area contributed by atoms with Crippen LogP contribution in [-0.2, 0) is 13.1 Å². The summed E-state index contributed by atoms with van der Waals surface area (Å²) in [6, 6.07) is 0.822. The molecule has 3 nitrogen and oxygen atoms in total. The lowest BCUT2D eigenvalue weighted by atomic mass is 10.3. The maximum atomic E-state index is 4.56. The summed E-state index contributed by atoms with van der Waals surface area (Å²) in [4.78, 5) is 2.60. The van der Waals surface area contributed by atoms with Gasteiger partial charge in [0.1, 0.15) is 0 Å². The molecule has 1 fully saturated rings. The number of hydrogen-bond donors (Lipinski definition) is 0. The average Bonchev–Trinajstić information content (AvgIpc) is 3.11. The lowest BCUT2D eigenvalue weighted by molar-refractivity contribution is 0.247. The van der Waals surface area contributed by atoms with E-state index in [4.69, 9.17) is 0 Å². The van der Waals surface area contributed by atoms with Crippen molar-refractivity contribution in [1.82, 2.24) is 14.7 Å². The molecule has 0 atom stereocenters. The summed E-state index contributed by atoms with van der Waals surface area (Å²) in [7, 11) is 0. The van der Waals surface area contributed by atoms with Crippen molar-refractivity contribution in [3.05, 3.63) is 15.9 Å². The molecule has 0 aliphatic heterocycles. The van der Waals surface area contributed by atoms with Crippen LogP contribution >= 0.6 is 15.9 Å². The Morgan fingerprint density at radius 2 is 2.12 bits per heavy atom. The Kier molecular flexibility index (Phi) is 4.26. The van der Waals surface area contributed by atoms with E-state index in [9.17, 15) is 0 Å². The molecule has 1 aromatic rings. The first-order valence-corrected chi connectivity index (χ1v) is 7.42. The van der Waals surface area contributed by atoms with Gasteiger partial charge in [-0.2, -0.15) is 5.10 Å². The first-order chi connectivity index (χ1) is 8.17.